The molecule has 0 atom stereocenters. The summed E-state index contributed by atoms with van der Waals surface area (Å²) in [5.41, 5.74) is 2.11. The van der Waals surface area contributed by atoms with Crippen LogP contribution in [0, 0.1) is 0 Å². The molecular formula is C10H11NO. The molecule has 2 rings (SSSR count). The zero-order chi connectivity index (χ0) is 8.55. The van der Waals surface area contributed by atoms with Crippen molar-refractivity contribution in [1.29, 1.82) is 0 Å². The number of aromatic nitrogens is 1. The van der Waals surface area contributed by atoms with Gasteiger partial charge in [-0.25, -0.2) is 0 Å². The van der Waals surface area contributed by atoms with Gasteiger partial charge in [-0.15, -0.1) is 0 Å². The van der Waals surface area contributed by atoms with Crippen LogP contribution < -0.4 is 0 Å². The number of hydrogen-bond donors (Lipinski definition) is 2. The molecule has 2 heteroatoms. The number of aromatic hydroxyl groups is 1. The quantitative estimate of drug-likeness (QED) is 0.662. The minimum atomic E-state index is 0.393. The van der Waals surface area contributed by atoms with Crippen molar-refractivity contribution in [2.75, 3.05) is 0 Å². The van der Waals surface area contributed by atoms with E-state index in [1.54, 1.807) is 6.07 Å². The van der Waals surface area contributed by atoms with Crippen molar-refractivity contribution < 1.29 is 5.11 Å². The summed E-state index contributed by atoms with van der Waals surface area (Å²) in [6, 6.07) is 5.62. The van der Waals surface area contributed by atoms with Crippen LogP contribution in [-0.4, -0.2) is 10.1 Å². The number of aromatic amines is 1. The molecule has 1 aromatic heterocycles. The number of aryl methyl sites for hydroxylation is 1. The van der Waals surface area contributed by atoms with E-state index in [4.69, 9.17) is 0 Å². The van der Waals surface area contributed by atoms with Gasteiger partial charge in [-0.3, -0.25) is 0 Å². The Morgan fingerprint density at radius 3 is 2.92 bits per heavy atom. The highest BCUT2D eigenvalue weighted by atomic mass is 16.3. The topological polar surface area (TPSA) is 36.0 Å². The molecule has 0 spiro atoms. The molecule has 0 aliphatic rings. The first-order chi connectivity index (χ1) is 5.83. The second-order valence-electron chi connectivity index (χ2n) is 2.86. The van der Waals surface area contributed by atoms with Gasteiger partial charge in [0, 0.05) is 22.7 Å². The van der Waals surface area contributed by atoms with Gasteiger partial charge in [0.1, 0.15) is 5.75 Å². The molecule has 2 nitrogen and oxygen atoms in total. The van der Waals surface area contributed by atoms with Crippen LogP contribution in [0.5, 0.6) is 5.75 Å². The number of hydrogen-bond acceptors (Lipinski definition) is 1. The van der Waals surface area contributed by atoms with Gasteiger partial charge in [0.05, 0.1) is 0 Å². The van der Waals surface area contributed by atoms with E-state index in [0.29, 0.717) is 5.75 Å². The predicted molar refractivity (Wildman–Crippen MR) is 49.3 cm³/mol. The molecule has 0 bridgehead atoms. The SMILES string of the molecule is CCc1c(O)ccc2[nH]ccc12. The number of phenols is 1. The van der Waals surface area contributed by atoms with E-state index >= 15 is 0 Å². The predicted octanol–water partition coefficient (Wildman–Crippen LogP) is 2.44. The third kappa shape index (κ3) is 0.881. The first-order valence-electron chi connectivity index (χ1n) is 4.11. The van der Waals surface area contributed by atoms with Crippen LogP contribution >= 0.6 is 0 Å². The lowest BCUT2D eigenvalue weighted by atomic mass is 10.1. The molecule has 2 N–H and O–H groups in total. The van der Waals surface area contributed by atoms with Crippen molar-refractivity contribution in [3.05, 3.63) is 30.0 Å². The lowest BCUT2D eigenvalue weighted by molar-refractivity contribution is 0.470. The molecule has 0 amide bonds. The molecule has 2 aromatic rings. The number of rotatable bonds is 1. The highest BCUT2D eigenvalue weighted by Gasteiger charge is 2.04. The van der Waals surface area contributed by atoms with Crippen LogP contribution in [0.2, 0.25) is 0 Å². The lowest BCUT2D eigenvalue weighted by Crippen LogP contribution is -1.82. The summed E-state index contributed by atoms with van der Waals surface area (Å²) in [5, 5.41) is 10.6. The zero-order valence-electron chi connectivity index (χ0n) is 6.96. The molecule has 0 saturated carbocycles. The van der Waals surface area contributed by atoms with Gasteiger partial charge < -0.3 is 10.1 Å². The Kier molecular flexibility index (Phi) is 1.54. The normalized spacial score (nSPS) is 10.8. The van der Waals surface area contributed by atoms with E-state index in [1.165, 1.54) is 0 Å². The molecule has 0 radical (unpaired) electrons. The van der Waals surface area contributed by atoms with Crippen molar-refractivity contribution in [3.8, 4) is 5.75 Å². The molecule has 12 heavy (non-hydrogen) atoms. The van der Waals surface area contributed by atoms with Gasteiger partial charge in [0.25, 0.3) is 0 Å². The number of phenolic OH excluding ortho intramolecular Hbond substituents is 1. The fourth-order valence-electron chi connectivity index (χ4n) is 1.56. The number of nitrogens with one attached hydrogen (secondary N) is 1. The van der Waals surface area contributed by atoms with Crippen LogP contribution in [0.4, 0.5) is 0 Å². The highest BCUT2D eigenvalue weighted by Crippen LogP contribution is 2.26. The van der Waals surface area contributed by atoms with Crippen LogP contribution in [-0.2, 0) is 6.42 Å². The molecule has 1 aromatic carbocycles. The molecular weight excluding hydrogens is 150 g/mol. The van der Waals surface area contributed by atoms with Crippen molar-refractivity contribution in [1.82, 2.24) is 4.98 Å². The van der Waals surface area contributed by atoms with Crippen molar-refractivity contribution in [2.24, 2.45) is 0 Å². The van der Waals surface area contributed by atoms with E-state index in [-0.39, 0.29) is 0 Å². The van der Waals surface area contributed by atoms with Gasteiger partial charge >= 0.3 is 0 Å². The van der Waals surface area contributed by atoms with Gasteiger partial charge in [0.2, 0.25) is 0 Å². The average molecular weight is 161 g/mol. The Balaban J connectivity index is 2.83. The van der Waals surface area contributed by atoms with E-state index in [2.05, 4.69) is 4.98 Å². The molecule has 0 saturated heterocycles. The summed E-state index contributed by atoms with van der Waals surface area (Å²) >= 11 is 0. The minimum absolute atomic E-state index is 0.393. The zero-order valence-corrected chi connectivity index (χ0v) is 6.96. The second kappa shape index (κ2) is 2.55. The molecule has 0 aliphatic heterocycles. The van der Waals surface area contributed by atoms with E-state index in [1.807, 2.05) is 25.3 Å². The largest absolute Gasteiger partial charge is 0.508 e. The summed E-state index contributed by atoms with van der Waals surface area (Å²) in [6.45, 7) is 2.04. The van der Waals surface area contributed by atoms with Crippen LogP contribution in [0.25, 0.3) is 10.9 Å². The Hall–Kier alpha value is -1.44. The van der Waals surface area contributed by atoms with Crippen LogP contribution in [0.1, 0.15) is 12.5 Å². The number of H-pyrrole nitrogens is 1. The van der Waals surface area contributed by atoms with E-state index < -0.39 is 0 Å². The minimum Gasteiger partial charge on any atom is -0.508 e. The lowest BCUT2D eigenvalue weighted by Gasteiger charge is -2.02. The van der Waals surface area contributed by atoms with Crippen molar-refractivity contribution in [2.45, 2.75) is 13.3 Å². The third-order valence-electron chi connectivity index (χ3n) is 2.17. The molecule has 0 aliphatic carbocycles. The van der Waals surface area contributed by atoms with Crippen LogP contribution in [0.15, 0.2) is 24.4 Å². The van der Waals surface area contributed by atoms with E-state index in [0.717, 1.165) is 22.9 Å². The molecule has 0 unspecified atom stereocenters. The molecule has 0 fully saturated rings. The fourth-order valence-corrected chi connectivity index (χ4v) is 1.56. The number of benzene rings is 1. The Morgan fingerprint density at radius 1 is 1.33 bits per heavy atom. The van der Waals surface area contributed by atoms with Gasteiger partial charge in [-0.05, 0) is 24.6 Å². The standard InChI is InChI=1S/C10H11NO/c1-2-7-8-5-6-11-9(8)3-4-10(7)12/h3-6,11-12H,2H2,1H3. The van der Waals surface area contributed by atoms with Crippen LogP contribution in [0.3, 0.4) is 0 Å². The number of fused-ring (bicyclic) bond motifs is 1. The summed E-state index contributed by atoms with van der Waals surface area (Å²) in [5.74, 6) is 0.393. The molecule has 1 heterocycles. The maximum Gasteiger partial charge on any atom is 0.119 e. The summed E-state index contributed by atoms with van der Waals surface area (Å²) < 4.78 is 0. The van der Waals surface area contributed by atoms with E-state index in [9.17, 15) is 5.11 Å². The van der Waals surface area contributed by atoms with Gasteiger partial charge in [0.15, 0.2) is 0 Å². The third-order valence-corrected chi connectivity index (χ3v) is 2.17. The first-order valence-corrected chi connectivity index (χ1v) is 4.11. The van der Waals surface area contributed by atoms with Gasteiger partial charge in [-0.2, -0.15) is 0 Å². The Bertz CT molecular complexity index is 403. The Labute approximate surface area is 70.8 Å². The Morgan fingerprint density at radius 2 is 2.17 bits per heavy atom. The maximum atomic E-state index is 9.51. The van der Waals surface area contributed by atoms with Gasteiger partial charge in [-0.1, -0.05) is 6.92 Å². The fraction of sp³-hybridized carbons (Fsp3) is 0.200. The summed E-state index contributed by atoms with van der Waals surface area (Å²) in [6.07, 6.45) is 2.75. The summed E-state index contributed by atoms with van der Waals surface area (Å²) in [7, 11) is 0. The maximum absolute atomic E-state index is 9.51. The van der Waals surface area contributed by atoms with Crippen molar-refractivity contribution >= 4 is 10.9 Å². The average Bonchev–Trinajstić information content (AvgIpc) is 2.52. The second-order valence-corrected chi connectivity index (χ2v) is 2.86. The first kappa shape index (κ1) is 7.22. The highest BCUT2D eigenvalue weighted by molar-refractivity contribution is 5.85. The summed E-state index contributed by atoms with van der Waals surface area (Å²) in [4.78, 5) is 3.11. The molecule has 62 valence electrons. The van der Waals surface area contributed by atoms with Crippen molar-refractivity contribution in [3.63, 3.8) is 0 Å². The smallest absolute Gasteiger partial charge is 0.119 e. The monoisotopic (exact) mass is 161 g/mol.